The zero-order valence-electron chi connectivity index (χ0n) is 17.8. The minimum atomic E-state index is 0.471. The number of morpholine rings is 1. The summed E-state index contributed by atoms with van der Waals surface area (Å²) in [6.45, 7) is 16.4. The maximum atomic E-state index is 5.72. The molecule has 2 rings (SSSR count). The second-order valence-electron chi connectivity index (χ2n) is 7.82. The molecule has 7 nitrogen and oxygen atoms in total. The monoisotopic (exact) mass is 384 g/mol. The third-order valence-electron chi connectivity index (χ3n) is 5.42. The average molecular weight is 385 g/mol. The molecule has 7 heteroatoms. The molecule has 1 N–H and O–H groups in total. The number of hydrogen-bond acceptors (Lipinski definition) is 5. The van der Waals surface area contributed by atoms with Gasteiger partial charge in [0.25, 0.3) is 0 Å². The van der Waals surface area contributed by atoms with Gasteiger partial charge in [0.2, 0.25) is 0 Å². The summed E-state index contributed by atoms with van der Waals surface area (Å²) in [6, 6.07) is 0.471. The van der Waals surface area contributed by atoms with Crippen molar-refractivity contribution in [3.8, 4) is 0 Å². The zero-order valence-corrected chi connectivity index (χ0v) is 17.8. The van der Waals surface area contributed by atoms with Crippen LogP contribution in [-0.2, 0) is 14.2 Å². The van der Waals surface area contributed by atoms with E-state index in [0.717, 1.165) is 71.5 Å². The van der Waals surface area contributed by atoms with Crippen LogP contribution in [0.5, 0.6) is 0 Å². The summed E-state index contributed by atoms with van der Waals surface area (Å²) >= 11 is 0. The van der Waals surface area contributed by atoms with Crippen molar-refractivity contribution in [2.24, 2.45) is 16.8 Å². The van der Waals surface area contributed by atoms with Crippen LogP contribution in [0.2, 0.25) is 0 Å². The Hall–Kier alpha value is -0.890. The molecule has 2 fully saturated rings. The molecule has 2 aliphatic rings. The van der Waals surface area contributed by atoms with E-state index in [1.807, 2.05) is 0 Å². The summed E-state index contributed by atoms with van der Waals surface area (Å²) in [6.07, 6.45) is 1.16. The molecule has 0 aromatic carbocycles. The third kappa shape index (κ3) is 7.56. The normalized spacial score (nSPS) is 23.2. The van der Waals surface area contributed by atoms with Gasteiger partial charge in [0.15, 0.2) is 5.96 Å². The number of guanidine groups is 1. The summed E-state index contributed by atoms with van der Waals surface area (Å²) < 4.78 is 16.3. The van der Waals surface area contributed by atoms with Crippen molar-refractivity contribution in [1.29, 1.82) is 0 Å². The van der Waals surface area contributed by atoms with E-state index in [9.17, 15) is 0 Å². The fourth-order valence-electron chi connectivity index (χ4n) is 3.82. The maximum absolute atomic E-state index is 5.72. The first-order valence-corrected chi connectivity index (χ1v) is 10.6. The standard InChI is InChI=1S/C20H40N4O3/c1-5-21-20(24-7-6-18(15-24)16-27-13-12-25-4)22-14-19(17(2)3)23-8-10-26-11-9-23/h17-19H,5-16H2,1-4H3,(H,21,22). The van der Waals surface area contributed by atoms with E-state index in [2.05, 4.69) is 35.9 Å². The second kappa shape index (κ2) is 12.5. The Kier molecular flexibility index (Phi) is 10.4. The van der Waals surface area contributed by atoms with Gasteiger partial charge in [-0.15, -0.1) is 0 Å². The predicted molar refractivity (Wildman–Crippen MR) is 109 cm³/mol. The van der Waals surface area contributed by atoms with E-state index in [0.29, 0.717) is 31.1 Å². The van der Waals surface area contributed by atoms with Gasteiger partial charge in [-0.3, -0.25) is 9.89 Å². The van der Waals surface area contributed by atoms with E-state index in [1.54, 1.807) is 7.11 Å². The van der Waals surface area contributed by atoms with Crippen LogP contribution in [0.3, 0.4) is 0 Å². The van der Waals surface area contributed by atoms with Crippen LogP contribution in [0.25, 0.3) is 0 Å². The summed E-state index contributed by atoms with van der Waals surface area (Å²) in [5.74, 6) is 2.21. The molecule has 0 saturated carbocycles. The minimum Gasteiger partial charge on any atom is -0.382 e. The summed E-state index contributed by atoms with van der Waals surface area (Å²) in [7, 11) is 1.71. The number of rotatable bonds is 10. The third-order valence-corrected chi connectivity index (χ3v) is 5.42. The number of ether oxygens (including phenoxy) is 3. The fourth-order valence-corrected chi connectivity index (χ4v) is 3.82. The molecule has 2 atom stereocenters. The molecule has 2 heterocycles. The number of nitrogens with zero attached hydrogens (tertiary/aromatic N) is 3. The lowest BCUT2D eigenvalue weighted by molar-refractivity contribution is 0.00863. The van der Waals surface area contributed by atoms with Crippen molar-refractivity contribution < 1.29 is 14.2 Å². The van der Waals surface area contributed by atoms with Gasteiger partial charge in [0.1, 0.15) is 0 Å². The lowest BCUT2D eigenvalue weighted by Gasteiger charge is -2.36. The average Bonchev–Trinajstić information content (AvgIpc) is 3.14. The van der Waals surface area contributed by atoms with Crippen LogP contribution in [-0.4, -0.2) is 101 Å². The van der Waals surface area contributed by atoms with Gasteiger partial charge in [0, 0.05) is 51.8 Å². The second-order valence-corrected chi connectivity index (χ2v) is 7.82. The Balaban J connectivity index is 1.88. The molecule has 27 heavy (non-hydrogen) atoms. The van der Waals surface area contributed by atoms with Crippen LogP contribution in [0.4, 0.5) is 0 Å². The van der Waals surface area contributed by atoms with Crippen LogP contribution in [0, 0.1) is 11.8 Å². The molecule has 0 aromatic rings. The molecular formula is C20H40N4O3. The molecule has 0 spiro atoms. The molecule has 2 aliphatic heterocycles. The highest BCUT2D eigenvalue weighted by Crippen LogP contribution is 2.18. The highest BCUT2D eigenvalue weighted by molar-refractivity contribution is 5.80. The summed E-state index contributed by atoms with van der Waals surface area (Å²) in [5, 5.41) is 3.49. The Morgan fingerprint density at radius 3 is 2.67 bits per heavy atom. The van der Waals surface area contributed by atoms with Gasteiger partial charge in [-0.2, -0.15) is 0 Å². The lowest BCUT2D eigenvalue weighted by atomic mass is 10.0. The molecule has 0 radical (unpaired) electrons. The van der Waals surface area contributed by atoms with E-state index < -0.39 is 0 Å². The quantitative estimate of drug-likeness (QED) is 0.348. The Morgan fingerprint density at radius 1 is 1.22 bits per heavy atom. The first-order valence-electron chi connectivity index (χ1n) is 10.6. The Morgan fingerprint density at radius 2 is 2.00 bits per heavy atom. The van der Waals surface area contributed by atoms with Gasteiger partial charge in [-0.1, -0.05) is 13.8 Å². The summed E-state index contributed by atoms with van der Waals surface area (Å²) in [4.78, 5) is 9.96. The fraction of sp³-hybridized carbons (Fsp3) is 0.950. The molecule has 158 valence electrons. The van der Waals surface area contributed by atoms with Crippen molar-refractivity contribution in [3.05, 3.63) is 0 Å². The lowest BCUT2D eigenvalue weighted by Crippen LogP contribution is -2.48. The molecular weight excluding hydrogens is 344 g/mol. The molecule has 0 aliphatic carbocycles. The van der Waals surface area contributed by atoms with Gasteiger partial charge < -0.3 is 24.4 Å². The van der Waals surface area contributed by atoms with Crippen LogP contribution < -0.4 is 5.32 Å². The molecule has 0 amide bonds. The summed E-state index contributed by atoms with van der Waals surface area (Å²) in [5.41, 5.74) is 0. The van der Waals surface area contributed by atoms with E-state index in [1.165, 1.54) is 0 Å². The van der Waals surface area contributed by atoms with Gasteiger partial charge in [-0.25, -0.2) is 0 Å². The first kappa shape index (κ1) is 22.4. The minimum absolute atomic E-state index is 0.471. The Bertz CT molecular complexity index is 427. The number of methoxy groups -OCH3 is 1. The molecule has 0 aromatic heterocycles. The predicted octanol–water partition coefficient (Wildman–Crippen LogP) is 1.29. The van der Waals surface area contributed by atoms with E-state index >= 15 is 0 Å². The Labute approximate surface area is 165 Å². The zero-order chi connectivity index (χ0) is 19.5. The maximum Gasteiger partial charge on any atom is 0.193 e. The molecule has 2 unspecified atom stereocenters. The number of hydrogen-bond donors (Lipinski definition) is 1. The number of aliphatic imine (C=N–C) groups is 1. The van der Waals surface area contributed by atoms with Crippen molar-refractivity contribution >= 4 is 5.96 Å². The van der Waals surface area contributed by atoms with Crippen molar-refractivity contribution in [3.63, 3.8) is 0 Å². The van der Waals surface area contributed by atoms with Gasteiger partial charge in [-0.05, 0) is 19.3 Å². The van der Waals surface area contributed by atoms with Crippen LogP contribution >= 0.6 is 0 Å². The number of likely N-dealkylation sites (tertiary alicyclic amines) is 1. The van der Waals surface area contributed by atoms with E-state index in [-0.39, 0.29) is 0 Å². The first-order chi connectivity index (χ1) is 13.2. The van der Waals surface area contributed by atoms with E-state index in [4.69, 9.17) is 19.2 Å². The number of nitrogens with one attached hydrogen (secondary N) is 1. The smallest absolute Gasteiger partial charge is 0.193 e. The largest absolute Gasteiger partial charge is 0.382 e. The highest BCUT2D eigenvalue weighted by Gasteiger charge is 2.27. The van der Waals surface area contributed by atoms with Crippen LogP contribution in [0.15, 0.2) is 4.99 Å². The van der Waals surface area contributed by atoms with Crippen molar-refractivity contribution in [2.45, 2.75) is 33.2 Å². The molecule has 2 saturated heterocycles. The van der Waals surface area contributed by atoms with Crippen molar-refractivity contribution in [1.82, 2.24) is 15.1 Å². The van der Waals surface area contributed by atoms with Crippen LogP contribution in [0.1, 0.15) is 27.2 Å². The van der Waals surface area contributed by atoms with Gasteiger partial charge >= 0.3 is 0 Å². The highest BCUT2D eigenvalue weighted by atomic mass is 16.5. The molecule has 0 bridgehead atoms. The van der Waals surface area contributed by atoms with Crippen molar-refractivity contribution in [2.75, 3.05) is 79.4 Å². The topological polar surface area (TPSA) is 58.6 Å². The SMILES string of the molecule is CCNC(=NCC(C(C)C)N1CCOCC1)N1CCC(COCCOC)C1. The van der Waals surface area contributed by atoms with Gasteiger partial charge in [0.05, 0.1) is 39.6 Å².